The van der Waals surface area contributed by atoms with Crippen molar-refractivity contribution in [3.63, 3.8) is 0 Å². The number of carbonyl (C=O) groups is 1. The number of rotatable bonds is 5. The van der Waals surface area contributed by atoms with Gasteiger partial charge in [0.1, 0.15) is 0 Å². The molecule has 5 nitrogen and oxygen atoms in total. The Labute approximate surface area is 130 Å². The highest BCUT2D eigenvalue weighted by molar-refractivity contribution is 5.91. The van der Waals surface area contributed by atoms with Gasteiger partial charge in [0.25, 0.3) is 0 Å². The van der Waals surface area contributed by atoms with Crippen LogP contribution in [0, 0.1) is 0 Å². The van der Waals surface area contributed by atoms with Crippen LogP contribution in [0.25, 0.3) is 11.8 Å². The third kappa shape index (κ3) is 4.56. The maximum absolute atomic E-state index is 12.0. The Bertz CT molecular complexity index is 638. The number of hydrogen-bond acceptors (Lipinski definition) is 3. The smallest absolute Gasteiger partial charge is 0.246 e. The molecule has 0 saturated carbocycles. The van der Waals surface area contributed by atoms with Gasteiger partial charge in [-0.2, -0.15) is 0 Å². The maximum atomic E-state index is 12.0. The summed E-state index contributed by atoms with van der Waals surface area (Å²) in [6, 6.07) is 7.81. The Kier molecular flexibility index (Phi) is 4.78. The molecule has 5 heteroatoms. The Hall–Kier alpha value is -2.40. The van der Waals surface area contributed by atoms with Crippen LogP contribution in [-0.4, -0.2) is 44.7 Å². The fourth-order valence-electron chi connectivity index (χ4n) is 2.12. The number of aromatic nitrogens is 2. The van der Waals surface area contributed by atoms with Crippen molar-refractivity contribution in [2.75, 3.05) is 13.6 Å². The van der Waals surface area contributed by atoms with Gasteiger partial charge in [0.15, 0.2) is 0 Å². The molecule has 0 saturated heterocycles. The van der Waals surface area contributed by atoms with Gasteiger partial charge in [0.05, 0.1) is 11.9 Å². The zero-order valence-electron chi connectivity index (χ0n) is 13.1. The molecule has 1 heterocycles. The van der Waals surface area contributed by atoms with Crippen LogP contribution in [0.1, 0.15) is 19.4 Å². The van der Waals surface area contributed by atoms with Gasteiger partial charge in [-0.1, -0.05) is 12.1 Å². The summed E-state index contributed by atoms with van der Waals surface area (Å²) in [4.78, 5) is 17.5. The topological polar surface area (TPSA) is 58.4 Å². The number of imidazole rings is 1. The van der Waals surface area contributed by atoms with Crippen LogP contribution in [0.3, 0.4) is 0 Å². The van der Waals surface area contributed by atoms with E-state index < -0.39 is 5.60 Å². The van der Waals surface area contributed by atoms with Gasteiger partial charge in [0.2, 0.25) is 5.91 Å². The van der Waals surface area contributed by atoms with Crippen molar-refractivity contribution in [1.29, 1.82) is 0 Å². The van der Waals surface area contributed by atoms with E-state index in [0.29, 0.717) is 0 Å². The molecular formula is C17H21N3O2. The lowest BCUT2D eigenvalue weighted by Gasteiger charge is -2.24. The molecule has 0 unspecified atom stereocenters. The highest BCUT2D eigenvalue weighted by Gasteiger charge is 2.17. The Morgan fingerprint density at radius 2 is 2.05 bits per heavy atom. The molecule has 0 atom stereocenters. The third-order valence-corrected chi connectivity index (χ3v) is 3.11. The molecule has 1 N–H and O–H groups in total. The molecule has 2 aromatic rings. The summed E-state index contributed by atoms with van der Waals surface area (Å²) in [5.41, 5.74) is 1.05. The highest BCUT2D eigenvalue weighted by Crippen LogP contribution is 2.11. The van der Waals surface area contributed by atoms with Gasteiger partial charge in [-0.25, -0.2) is 4.98 Å². The van der Waals surface area contributed by atoms with Crippen LogP contribution in [0.15, 0.2) is 49.1 Å². The van der Waals surface area contributed by atoms with E-state index in [9.17, 15) is 9.90 Å². The number of likely N-dealkylation sites (N-methyl/N-ethyl adjacent to an activating group) is 1. The molecular weight excluding hydrogens is 278 g/mol. The van der Waals surface area contributed by atoms with Crippen molar-refractivity contribution in [3.05, 3.63) is 54.6 Å². The minimum Gasteiger partial charge on any atom is -0.389 e. The second kappa shape index (κ2) is 6.58. The van der Waals surface area contributed by atoms with Gasteiger partial charge in [0, 0.05) is 37.7 Å². The van der Waals surface area contributed by atoms with Crippen molar-refractivity contribution < 1.29 is 9.90 Å². The molecule has 0 aliphatic carbocycles. The number of amides is 1. The van der Waals surface area contributed by atoms with E-state index in [2.05, 4.69) is 4.98 Å². The first-order chi connectivity index (χ1) is 10.3. The molecule has 2 rings (SSSR count). The number of benzene rings is 1. The SMILES string of the molecule is CN(CC(C)(C)O)C(=O)/C=C/c1ccc(-n2ccnc2)cc1. The van der Waals surface area contributed by atoms with E-state index in [-0.39, 0.29) is 12.5 Å². The van der Waals surface area contributed by atoms with Gasteiger partial charge in [-0.3, -0.25) is 4.79 Å². The molecule has 0 aliphatic rings. The molecule has 0 bridgehead atoms. The van der Waals surface area contributed by atoms with Crippen LogP contribution in [0.4, 0.5) is 0 Å². The fraction of sp³-hybridized carbons (Fsp3) is 0.294. The second-order valence-corrected chi connectivity index (χ2v) is 5.90. The number of nitrogens with zero attached hydrogens (tertiary/aromatic N) is 3. The van der Waals surface area contributed by atoms with E-state index in [1.165, 1.54) is 11.0 Å². The van der Waals surface area contributed by atoms with Gasteiger partial charge >= 0.3 is 0 Å². The summed E-state index contributed by atoms with van der Waals surface area (Å²) in [7, 11) is 1.67. The minimum absolute atomic E-state index is 0.138. The predicted octanol–water partition coefficient (Wildman–Crippen LogP) is 2.11. The van der Waals surface area contributed by atoms with Crippen LogP contribution in [0.5, 0.6) is 0 Å². The van der Waals surface area contributed by atoms with E-state index in [4.69, 9.17) is 0 Å². The summed E-state index contributed by atoms with van der Waals surface area (Å²) in [6.45, 7) is 3.64. The van der Waals surface area contributed by atoms with Gasteiger partial charge < -0.3 is 14.6 Å². The first-order valence-corrected chi connectivity index (χ1v) is 7.09. The number of carbonyl (C=O) groups excluding carboxylic acids is 1. The van der Waals surface area contributed by atoms with Crippen LogP contribution in [0.2, 0.25) is 0 Å². The molecule has 116 valence electrons. The molecule has 0 radical (unpaired) electrons. The number of aliphatic hydroxyl groups is 1. The second-order valence-electron chi connectivity index (χ2n) is 5.90. The van der Waals surface area contributed by atoms with E-state index >= 15 is 0 Å². The average molecular weight is 299 g/mol. The highest BCUT2D eigenvalue weighted by atomic mass is 16.3. The standard InChI is InChI=1S/C17H21N3O2/c1-17(2,22)12-19(3)16(21)9-6-14-4-7-15(8-5-14)20-11-10-18-13-20/h4-11,13,22H,12H2,1-3H3/b9-6+. The lowest BCUT2D eigenvalue weighted by Crippen LogP contribution is -2.38. The first kappa shape index (κ1) is 16.0. The first-order valence-electron chi connectivity index (χ1n) is 7.09. The van der Waals surface area contributed by atoms with E-state index in [1.54, 1.807) is 39.5 Å². The molecule has 0 fully saturated rings. The molecule has 1 aromatic carbocycles. The van der Waals surface area contributed by atoms with E-state index in [1.807, 2.05) is 35.0 Å². The quantitative estimate of drug-likeness (QED) is 0.860. The van der Waals surface area contributed by atoms with Crippen molar-refractivity contribution >= 4 is 12.0 Å². The zero-order valence-corrected chi connectivity index (χ0v) is 13.1. The van der Waals surface area contributed by atoms with Gasteiger partial charge in [-0.15, -0.1) is 0 Å². The van der Waals surface area contributed by atoms with Crippen LogP contribution in [-0.2, 0) is 4.79 Å². The molecule has 1 amide bonds. The minimum atomic E-state index is -0.898. The molecule has 22 heavy (non-hydrogen) atoms. The van der Waals surface area contributed by atoms with Gasteiger partial charge in [-0.05, 0) is 37.6 Å². The van der Waals surface area contributed by atoms with Crippen molar-refractivity contribution in [2.45, 2.75) is 19.4 Å². The Morgan fingerprint density at radius 3 is 2.59 bits per heavy atom. The monoisotopic (exact) mass is 299 g/mol. The zero-order chi connectivity index (χ0) is 16.2. The summed E-state index contributed by atoms with van der Waals surface area (Å²) in [6.07, 6.45) is 8.61. The predicted molar refractivity (Wildman–Crippen MR) is 86.5 cm³/mol. The number of hydrogen-bond donors (Lipinski definition) is 1. The summed E-state index contributed by atoms with van der Waals surface area (Å²) < 4.78 is 1.91. The molecule has 1 aromatic heterocycles. The lowest BCUT2D eigenvalue weighted by atomic mass is 10.1. The largest absolute Gasteiger partial charge is 0.389 e. The maximum Gasteiger partial charge on any atom is 0.246 e. The third-order valence-electron chi connectivity index (χ3n) is 3.11. The fourth-order valence-corrected chi connectivity index (χ4v) is 2.12. The summed E-state index contributed by atoms with van der Waals surface area (Å²) >= 11 is 0. The van der Waals surface area contributed by atoms with Crippen LogP contribution < -0.4 is 0 Å². The Morgan fingerprint density at radius 1 is 1.36 bits per heavy atom. The van der Waals surface area contributed by atoms with E-state index in [0.717, 1.165) is 11.3 Å². The normalized spacial score (nSPS) is 11.8. The average Bonchev–Trinajstić information content (AvgIpc) is 2.97. The summed E-state index contributed by atoms with van der Waals surface area (Å²) in [5, 5.41) is 9.72. The molecule has 0 spiro atoms. The van der Waals surface area contributed by atoms with Crippen LogP contribution >= 0.6 is 0 Å². The summed E-state index contributed by atoms with van der Waals surface area (Å²) in [5.74, 6) is -0.138. The molecule has 0 aliphatic heterocycles. The lowest BCUT2D eigenvalue weighted by molar-refractivity contribution is -0.127. The van der Waals surface area contributed by atoms with Crippen molar-refractivity contribution in [3.8, 4) is 5.69 Å². The van der Waals surface area contributed by atoms with Crippen molar-refractivity contribution in [1.82, 2.24) is 14.5 Å². The Balaban J connectivity index is 2.00. The van der Waals surface area contributed by atoms with Crippen molar-refractivity contribution in [2.24, 2.45) is 0 Å².